The fourth-order valence-electron chi connectivity index (χ4n) is 5.57. The van der Waals surface area contributed by atoms with Crippen LogP contribution in [0.15, 0.2) is 29.2 Å². The lowest BCUT2D eigenvalue weighted by Crippen LogP contribution is -2.54. The number of carbonyl (C=O) groups is 5. The van der Waals surface area contributed by atoms with Gasteiger partial charge in [-0.2, -0.15) is 4.72 Å². The number of anilines is 1. The molecule has 43 heavy (non-hydrogen) atoms. The van der Waals surface area contributed by atoms with E-state index < -0.39 is 47.5 Å². The summed E-state index contributed by atoms with van der Waals surface area (Å²) in [5, 5.41) is 4.88. The van der Waals surface area contributed by atoms with Gasteiger partial charge in [0, 0.05) is 33.5 Å². The molecule has 0 aromatic heterocycles. The Morgan fingerprint density at radius 3 is 2.37 bits per heavy atom. The average Bonchev–Trinajstić information content (AvgIpc) is 3.49. The van der Waals surface area contributed by atoms with Crippen LogP contribution in [0.5, 0.6) is 0 Å². The van der Waals surface area contributed by atoms with Crippen molar-refractivity contribution in [1.82, 2.24) is 19.8 Å². The number of likely N-dealkylation sites (N-methyl/N-ethyl adjacent to an activating group) is 1. The second kappa shape index (κ2) is 17.8. The number of ether oxygens (including phenoxy) is 2. The van der Waals surface area contributed by atoms with Gasteiger partial charge in [0.1, 0.15) is 11.4 Å². The Balaban J connectivity index is 2.14. The van der Waals surface area contributed by atoms with E-state index in [4.69, 9.17) is 9.47 Å². The van der Waals surface area contributed by atoms with Crippen LogP contribution in [0.2, 0.25) is 0 Å². The van der Waals surface area contributed by atoms with Gasteiger partial charge in [0.2, 0.25) is 24.6 Å². The summed E-state index contributed by atoms with van der Waals surface area (Å²) in [6, 6.07) is 5.43. The number of methoxy groups -OCH3 is 2. The van der Waals surface area contributed by atoms with Crippen molar-refractivity contribution in [3.63, 3.8) is 0 Å². The largest absolute Gasteiger partial charge is 0.588 e. The van der Waals surface area contributed by atoms with Gasteiger partial charge < -0.3 is 34.5 Å². The highest BCUT2D eigenvalue weighted by molar-refractivity contribution is 7.90. The fraction of sp³-hybridized carbons (Fsp3) is 0.621. The molecular weight excluding hydrogens is 578 g/mol. The third-order valence-electron chi connectivity index (χ3n) is 8.13. The number of amides is 5. The zero-order chi connectivity index (χ0) is 32.1. The van der Waals surface area contributed by atoms with Crippen molar-refractivity contribution >= 4 is 47.6 Å². The van der Waals surface area contributed by atoms with Crippen molar-refractivity contribution in [1.29, 1.82) is 0 Å². The molecule has 5 amide bonds. The molecule has 3 N–H and O–H groups in total. The van der Waals surface area contributed by atoms with E-state index in [0.29, 0.717) is 36.4 Å². The number of nitrogens with zero attached hydrogens (tertiary/aromatic N) is 2. The maximum absolute atomic E-state index is 13.7. The summed E-state index contributed by atoms with van der Waals surface area (Å²) >= 11 is -1.84. The molecule has 2 rings (SSSR count). The molecule has 1 aromatic carbocycles. The second-order valence-corrected chi connectivity index (χ2v) is 11.9. The minimum atomic E-state index is -1.84. The monoisotopic (exact) mass is 623 g/mol. The summed E-state index contributed by atoms with van der Waals surface area (Å²) < 4.78 is 26.9. The first-order chi connectivity index (χ1) is 20.5. The Labute approximate surface area is 256 Å². The van der Waals surface area contributed by atoms with Crippen LogP contribution in [0.25, 0.3) is 0 Å². The van der Waals surface area contributed by atoms with E-state index in [0.717, 1.165) is 12.8 Å². The van der Waals surface area contributed by atoms with Crippen molar-refractivity contribution in [2.45, 2.75) is 75.6 Å². The number of nitrogens with one attached hydrogen (secondary N) is 3. The van der Waals surface area contributed by atoms with Crippen LogP contribution < -0.4 is 15.4 Å². The number of rotatable bonds is 18. The van der Waals surface area contributed by atoms with Gasteiger partial charge in [-0.15, -0.1) is 0 Å². The summed E-state index contributed by atoms with van der Waals surface area (Å²) in [4.78, 5) is 64.5. The lowest BCUT2D eigenvalue weighted by atomic mass is 9.90. The molecule has 1 aromatic rings. The molecule has 1 fully saturated rings. The van der Waals surface area contributed by atoms with Gasteiger partial charge in [0.15, 0.2) is 4.90 Å². The van der Waals surface area contributed by atoms with Crippen molar-refractivity contribution in [2.24, 2.45) is 11.8 Å². The van der Waals surface area contributed by atoms with Gasteiger partial charge >= 0.3 is 0 Å². The lowest BCUT2D eigenvalue weighted by molar-refractivity contribution is -0.145. The second-order valence-electron chi connectivity index (χ2n) is 10.7. The highest BCUT2D eigenvalue weighted by Crippen LogP contribution is 2.29. The van der Waals surface area contributed by atoms with Crippen LogP contribution in [-0.4, -0.2) is 104 Å². The summed E-state index contributed by atoms with van der Waals surface area (Å²) in [5.74, 6) is -1.70. The molecule has 1 heterocycles. The third kappa shape index (κ3) is 9.65. The first-order valence-electron chi connectivity index (χ1n) is 14.3. The molecule has 0 bridgehead atoms. The number of hydrogen-bond acceptors (Lipinski definition) is 8. The average molecular weight is 624 g/mol. The van der Waals surface area contributed by atoms with Crippen molar-refractivity contribution in [3.8, 4) is 0 Å². The van der Waals surface area contributed by atoms with Crippen LogP contribution in [0.4, 0.5) is 5.69 Å². The zero-order valence-corrected chi connectivity index (χ0v) is 26.6. The molecule has 7 atom stereocenters. The van der Waals surface area contributed by atoms with Crippen molar-refractivity contribution < 1.29 is 38.0 Å². The third-order valence-corrected chi connectivity index (χ3v) is 9.22. The normalized spacial score (nSPS) is 18.9. The van der Waals surface area contributed by atoms with Crippen molar-refractivity contribution in [2.75, 3.05) is 39.7 Å². The first kappa shape index (κ1) is 36.0. The van der Waals surface area contributed by atoms with E-state index in [1.54, 1.807) is 43.1 Å². The van der Waals surface area contributed by atoms with Crippen LogP contribution in [-0.2, 0) is 44.8 Å². The molecule has 1 saturated heterocycles. The lowest BCUT2D eigenvalue weighted by Gasteiger charge is -2.39. The van der Waals surface area contributed by atoms with Crippen LogP contribution in [0.3, 0.4) is 0 Å². The quantitative estimate of drug-likeness (QED) is 0.161. The van der Waals surface area contributed by atoms with Gasteiger partial charge in [-0.05, 0) is 43.0 Å². The summed E-state index contributed by atoms with van der Waals surface area (Å²) in [5.41, 5.74) is 0.528. The topological polar surface area (TPSA) is 169 Å². The Hall–Kier alpha value is -3.20. The molecule has 13 nitrogen and oxygen atoms in total. The number of benzene rings is 1. The Morgan fingerprint density at radius 2 is 1.81 bits per heavy atom. The van der Waals surface area contributed by atoms with Crippen molar-refractivity contribution in [3.05, 3.63) is 24.3 Å². The summed E-state index contributed by atoms with van der Waals surface area (Å²) in [7, 11) is 4.63. The summed E-state index contributed by atoms with van der Waals surface area (Å²) in [6.07, 6.45) is 1.83. The molecule has 1 aliphatic heterocycles. The molecule has 0 radical (unpaired) electrons. The SMILES string of the molecule is CCC(C)C(C(CC(=O)N1CCCC1C(OC)C(C)C(=O)N[S+]([O-])c1ccc(NC=O)cc1)OC)N(C)C(=O)CNC=O. The zero-order valence-electron chi connectivity index (χ0n) is 25.7. The fourth-order valence-corrected chi connectivity index (χ4v) is 6.43. The Kier molecular flexibility index (Phi) is 14.9. The molecule has 0 spiro atoms. The van der Waals surface area contributed by atoms with E-state index in [1.807, 2.05) is 13.8 Å². The molecule has 0 aliphatic carbocycles. The Morgan fingerprint density at radius 1 is 1.14 bits per heavy atom. The van der Waals surface area contributed by atoms with Crippen LogP contribution >= 0.6 is 0 Å². The van der Waals surface area contributed by atoms with Gasteiger partial charge in [0.25, 0.3) is 5.91 Å². The van der Waals surface area contributed by atoms with E-state index in [2.05, 4.69) is 15.4 Å². The van der Waals surface area contributed by atoms with Gasteiger partial charge in [-0.25, -0.2) is 0 Å². The van der Waals surface area contributed by atoms with Gasteiger partial charge in [-0.1, -0.05) is 27.2 Å². The van der Waals surface area contributed by atoms with Crippen LogP contribution in [0, 0.1) is 11.8 Å². The molecule has 0 saturated carbocycles. The maximum Gasteiger partial charge on any atom is 0.267 e. The molecular formula is C29H45N5O8S. The Bertz CT molecular complexity index is 1080. The summed E-state index contributed by atoms with van der Waals surface area (Å²) in [6.45, 7) is 5.97. The highest BCUT2D eigenvalue weighted by Gasteiger charge is 2.42. The van der Waals surface area contributed by atoms with E-state index >= 15 is 0 Å². The smallest absolute Gasteiger partial charge is 0.267 e. The minimum absolute atomic E-state index is 0.00565. The first-order valence-corrected chi connectivity index (χ1v) is 15.5. The predicted octanol–water partition coefficient (Wildman–Crippen LogP) is 1.06. The highest BCUT2D eigenvalue weighted by atomic mass is 32.2. The maximum atomic E-state index is 13.7. The van der Waals surface area contributed by atoms with Crippen LogP contribution in [0.1, 0.15) is 46.5 Å². The van der Waals surface area contributed by atoms with Gasteiger partial charge in [0.05, 0.1) is 43.2 Å². The standard InChI is InChI=1S/C29H45N5O8S/c1-7-19(2)27(33(4)26(38)16-30-17-35)24(41-5)15-25(37)34-14-8-9-23(34)28(42-6)20(3)29(39)32-43(40)22-12-10-21(11-13-22)31-18-36/h10-13,17-20,23-24,27-28H,7-9,14-16H2,1-6H3,(H,30,35)(H,31,36)(H,32,39). The molecule has 14 heteroatoms. The predicted molar refractivity (Wildman–Crippen MR) is 161 cm³/mol. The molecule has 240 valence electrons. The van der Waals surface area contributed by atoms with E-state index in [9.17, 15) is 28.5 Å². The molecule has 7 unspecified atom stereocenters. The number of carbonyl (C=O) groups excluding carboxylic acids is 5. The number of likely N-dealkylation sites (tertiary alicyclic amines) is 1. The number of hydrogen-bond donors (Lipinski definition) is 3. The van der Waals surface area contributed by atoms with E-state index in [1.165, 1.54) is 19.1 Å². The van der Waals surface area contributed by atoms with E-state index in [-0.39, 0.29) is 30.7 Å². The van der Waals surface area contributed by atoms with Gasteiger partial charge in [-0.3, -0.25) is 24.0 Å². The molecule has 1 aliphatic rings. The minimum Gasteiger partial charge on any atom is -0.588 e.